The molecule has 0 bridgehead atoms. The van der Waals surface area contributed by atoms with E-state index in [9.17, 15) is 9.59 Å². The van der Waals surface area contributed by atoms with Gasteiger partial charge in [-0.25, -0.2) is 9.78 Å². The summed E-state index contributed by atoms with van der Waals surface area (Å²) in [6.07, 6.45) is 6.11. The predicted molar refractivity (Wildman–Crippen MR) is 90.7 cm³/mol. The number of unbranched alkanes of at least 4 members (excludes halogenated alkanes) is 3. The SMILES string of the molecule is CCCCCCC(C)Sc1nc2c([nH]1)c(=O)n(C)c(=O)n2C. The van der Waals surface area contributed by atoms with E-state index in [0.717, 1.165) is 11.0 Å². The van der Waals surface area contributed by atoms with Crippen molar-refractivity contribution in [3.05, 3.63) is 20.8 Å². The number of nitrogens with zero attached hydrogens (tertiary/aromatic N) is 3. The first kappa shape index (κ1) is 16.9. The standard InChI is InChI=1S/C15H24N4O2S/c1-5-6-7-8-9-10(2)22-14-16-11-12(17-14)18(3)15(21)19(4)13(11)20/h10H,5-9H2,1-4H3,(H,16,17). The van der Waals surface area contributed by atoms with Gasteiger partial charge in [0.1, 0.15) is 0 Å². The lowest BCUT2D eigenvalue weighted by Crippen LogP contribution is -2.36. The van der Waals surface area contributed by atoms with Crippen molar-refractivity contribution in [3.63, 3.8) is 0 Å². The van der Waals surface area contributed by atoms with Crippen LogP contribution in [-0.2, 0) is 14.1 Å². The fourth-order valence-electron chi connectivity index (χ4n) is 2.47. The number of hydrogen-bond donors (Lipinski definition) is 1. The minimum Gasteiger partial charge on any atom is -0.327 e. The van der Waals surface area contributed by atoms with Crippen LogP contribution in [0.5, 0.6) is 0 Å². The van der Waals surface area contributed by atoms with Gasteiger partial charge in [-0.1, -0.05) is 51.3 Å². The Morgan fingerprint density at radius 3 is 2.59 bits per heavy atom. The molecule has 2 rings (SSSR count). The van der Waals surface area contributed by atoms with Gasteiger partial charge in [-0.15, -0.1) is 0 Å². The Kier molecular flexibility index (Phi) is 5.50. The number of H-pyrrole nitrogens is 1. The van der Waals surface area contributed by atoms with Gasteiger partial charge in [0, 0.05) is 19.3 Å². The second-order valence-corrected chi connectivity index (χ2v) is 7.15. The van der Waals surface area contributed by atoms with Crippen molar-refractivity contribution in [1.29, 1.82) is 0 Å². The van der Waals surface area contributed by atoms with Crippen LogP contribution in [-0.4, -0.2) is 24.4 Å². The van der Waals surface area contributed by atoms with Crippen molar-refractivity contribution in [3.8, 4) is 0 Å². The van der Waals surface area contributed by atoms with E-state index in [1.54, 1.807) is 18.8 Å². The summed E-state index contributed by atoms with van der Waals surface area (Å²) in [4.78, 5) is 31.5. The molecule has 2 aromatic rings. The average Bonchev–Trinajstić information content (AvgIpc) is 2.91. The zero-order valence-corrected chi connectivity index (χ0v) is 14.5. The molecule has 2 aromatic heterocycles. The summed E-state index contributed by atoms with van der Waals surface area (Å²) in [5.41, 5.74) is 0.139. The maximum Gasteiger partial charge on any atom is 0.332 e. The number of hydrogen-bond acceptors (Lipinski definition) is 4. The van der Waals surface area contributed by atoms with Crippen LogP contribution < -0.4 is 11.2 Å². The van der Waals surface area contributed by atoms with E-state index in [1.165, 1.54) is 37.3 Å². The maximum absolute atomic E-state index is 12.1. The highest BCUT2D eigenvalue weighted by molar-refractivity contribution is 7.99. The Morgan fingerprint density at radius 2 is 1.91 bits per heavy atom. The molecule has 0 fully saturated rings. The topological polar surface area (TPSA) is 72.7 Å². The minimum absolute atomic E-state index is 0.326. The third-order valence-corrected chi connectivity index (χ3v) is 4.90. The fourth-order valence-corrected chi connectivity index (χ4v) is 3.43. The van der Waals surface area contributed by atoms with Gasteiger partial charge in [0.25, 0.3) is 5.56 Å². The van der Waals surface area contributed by atoms with E-state index in [-0.39, 0.29) is 11.2 Å². The summed E-state index contributed by atoms with van der Waals surface area (Å²) in [6, 6.07) is 0. The molecule has 22 heavy (non-hydrogen) atoms. The number of imidazole rings is 1. The lowest BCUT2D eigenvalue weighted by molar-refractivity contribution is 0.630. The molecule has 2 heterocycles. The summed E-state index contributed by atoms with van der Waals surface area (Å²) in [5, 5.41) is 1.13. The summed E-state index contributed by atoms with van der Waals surface area (Å²) in [6.45, 7) is 4.37. The van der Waals surface area contributed by atoms with Crippen molar-refractivity contribution in [2.75, 3.05) is 0 Å². The summed E-state index contributed by atoms with van der Waals surface area (Å²) in [5.74, 6) is 0. The van der Waals surface area contributed by atoms with Crippen LogP contribution in [0.25, 0.3) is 11.2 Å². The Labute approximate surface area is 133 Å². The van der Waals surface area contributed by atoms with Crippen LogP contribution >= 0.6 is 11.8 Å². The number of rotatable bonds is 7. The number of thioether (sulfide) groups is 1. The number of aryl methyl sites for hydroxylation is 1. The molecule has 0 aliphatic heterocycles. The lowest BCUT2D eigenvalue weighted by atomic mass is 10.1. The van der Waals surface area contributed by atoms with E-state index in [4.69, 9.17) is 0 Å². The van der Waals surface area contributed by atoms with Crippen molar-refractivity contribution in [1.82, 2.24) is 19.1 Å². The average molecular weight is 324 g/mol. The van der Waals surface area contributed by atoms with Crippen molar-refractivity contribution in [2.45, 2.75) is 56.4 Å². The van der Waals surface area contributed by atoms with Gasteiger partial charge in [-0.2, -0.15) is 0 Å². The second kappa shape index (κ2) is 7.17. The summed E-state index contributed by atoms with van der Waals surface area (Å²) in [7, 11) is 3.11. The van der Waals surface area contributed by atoms with Crippen LogP contribution in [0.15, 0.2) is 14.7 Å². The number of aromatic amines is 1. The Balaban J connectivity index is 2.17. The van der Waals surface area contributed by atoms with Gasteiger partial charge in [0.2, 0.25) is 0 Å². The highest BCUT2D eigenvalue weighted by Gasteiger charge is 2.15. The number of fused-ring (bicyclic) bond motifs is 1. The van der Waals surface area contributed by atoms with Crippen molar-refractivity contribution >= 4 is 22.9 Å². The highest BCUT2D eigenvalue weighted by atomic mass is 32.2. The van der Waals surface area contributed by atoms with E-state index < -0.39 is 0 Å². The largest absolute Gasteiger partial charge is 0.332 e. The van der Waals surface area contributed by atoms with Gasteiger partial charge >= 0.3 is 5.69 Å². The quantitative estimate of drug-likeness (QED) is 0.627. The Bertz CT molecular complexity index is 759. The third kappa shape index (κ3) is 3.45. The third-order valence-electron chi connectivity index (χ3n) is 3.85. The zero-order valence-electron chi connectivity index (χ0n) is 13.7. The molecule has 0 spiro atoms. The van der Waals surface area contributed by atoms with E-state index in [1.807, 2.05) is 0 Å². The van der Waals surface area contributed by atoms with Crippen molar-refractivity contribution in [2.24, 2.45) is 14.1 Å². The molecule has 0 radical (unpaired) electrons. The van der Waals surface area contributed by atoms with Gasteiger partial charge in [0.05, 0.1) is 0 Å². The number of nitrogens with one attached hydrogen (secondary N) is 1. The number of aromatic nitrogens is 4. The lowest BCUT2D eigenvalue weighted by Gasteiger charge is -2.08. The van der Waals surface area contributed by atoms with Crippen LogP contribution in [0, 0.1) is 0 Å². The summed E-state index contributed by atoms with van der Waals surface area (Å²) < 4.78 is 2.51. The molecule has 0 saturated carbocycles. The smallest absolute Gasteiger partial charge is 0.327 e. The van der Waals surface area contributed by atoms with Crippen LogP contribution in [0.2, 0.25) is 0 Å². The molecule has 1 atom stereocenters. The highest BCUT2D eigenvalue weighted by Crippen LogP contribution is 2.25. The van der Waals surface area contributed by atoms with Gasteiger partial charge in [-0.3, -0.25) is 13.9 Å². The first-order valence-electron chi connectivity index (χ1n) is 7.78. The van der Waals surface area contributed by atoms with Gasteiger partial charge < -0.3 is 4.98 Å². The molecule has 0 aliphatic rings. The zero-order chi connectivity index (χ0) is 16.3. The van der Waals surface area contributed by atoms with Crippen molar-refractivity contribution < 1.29 is 0 Å². The Hall–Kier alpha value is -1.50. The second-order valence-electron chi connectivity index (χ2n) is 5.72. The van der Waals surface area contributed by atoms with E-state index in [0.29, 0.717) is 21.6 Å². The molecule has 122 valence electrons. The van der Waals surface area contributed by atoms with Crippen LogP contribution in [0.3, 0.4) is 0 Å². The molecule has 0 aliphatic carbocycles. The molecule has 0 aromatic carbocycles. The molecule has 6 nitrogen and oxygen atoms in total. The minimum atomic E-state index is -0.354. The van der Waals surface area contributed by atoms with E-state index in [2.05, 4.69) is 23.8 Å². The molecular formula is C15H24N4O2S. The normalized spacial score (nSPS) is 12.9. The Morgan fingerprint density at radius 1 is 1.18 bits per heavy atom. The first-order chi connectivity index (χ1) is 10.5. The first-order valence-corrected chi connectivity index (χ1v) is 8.66. The van der Waals surface area contributed by atoms with Gasteiger partial charge in [-0.05, 0) is 6.42 Å². The molecule has 0 saturated heterocycles. The molecule has 1 N–H and O–H groups in total. The summed E-state index contributed by atoms with van der Waals surface area (Å²) >= 11 is 1.63. The van der Waals surface area contributed by atoms with Crippen LogP contribution in [0.4, 0.5) is 0 Å². The van der Waals surface area contributed by atoms with E-state index >= 15 is 0 Å². The molecule has 1 unspecified atom stereocenters. The van der Waals surface area contributed by atoms with Gasteiger partial charge in [0.15, 0.2) is 16.3 Å². The molecular weight excluding hydrogens is 300 g/mol. The monoisotopic (exact) mass is 324 g/mol. The maximum atomic E-state index is 12.1. The fraction of sp³-hybridized carbons (Fsp3) is 0.667. The van der Waals surface area contributed by atoms with Crippen LogP contribution in [0.1, 0.15) is 46.0 Å². The molecule has 0 amide bonds. The molecule has 7 heteroatoms. The predicted octanol–water partition coefficient (Wildman–Crippen LogP) is 2.41.